The molecule has 1 saturated heterocycles. The Bertz CT molecular complexity index is 924. The third-order valence-corrected chi connectivity index (χ3v) is 5.32. The van der Waals surface area contributed by atoms with Gasteiger partial charge in [-0.15, -0.1) is 0 Å². The normalized spacial score (nSPS) is 22.3. The number of rotatable bonds is 4. The molecule has 2 amide bonds. The summed E-state index contributed by atoms with van der Waals surface area (Å²) in [6.07, 6.45) is 1.46. The SMILES string of the molecule is CC1(C)CC(=O)C=C(C(=O)N2CCOCC(C(=O)NCc3ccc4c(c3)OCO4)C2)O1. The van der Waals surface area contributed by atoms with Crippen molar-refractivity contribution < 1.29 is 33.3 Å². The van der Waals surface area contributed by atoms with Gasteiger partial charge in [-0.25, -0.2) is 0 Å². The summed E-state index contributed by atoms with van der Waals surface area (Å²) in [5.41, 5.74) is 0.141. The van der Waals surface area contributed by atoms with Crippen LogP contribution in [0.15, 0.2) is 30.0 Å². The minimum atomic E-state index is -0.736. The Morgan fingerprint density at radius 3 is 2.84 bits per heavy atom. The van der Waals surface area contributed by atoms with Gasteiger partial charge < -0.3 is 29.2 Å². The van der Waals surface area contributed by atoms with Crippen molar-refractivity contribution in [1.82, 2.24) is 10.2 Å². The van der Waals surface area contributed by atoms with E-state index in [0.717, 1.165) is 5.56 Å². The third-order valence-electron chi connectivity index (χ3n) is 5.32. The van der Waals surface area contributed by atoms with Gasteiger partial charge in [0.25, 0.3) is 5.91 Å². The summed E-state index contributed by atoms with van der Waals surface area (Å²) in [5, 5.41) is 2.89. The lowest BCUT2D eigenvalue weighted by atomic mass is 9.98. The molecule has 166 valence electrons. The van der Waals surface area contributed by atoms with Crippen LogP contribution < -0.4 is 14.8 Å². The predicted octanol–water partition coefficient (Wildman–Crippen LogP) is 1.16. The first-order valence-corrected chi connectivity index (χ1v) is 10.3. The number of carbonyl (C=O) groups is 3. The second-order valence-corrected chi connectivity index (χ2v) is 8.44. The molecule has 0 aromatic heterocycles. The van der Waals surface area contributed by atoms with Crippen LogP contribution in [-0.2, 0) is 30.4 Å². The number of carbonyl (C=O) groups excluding carboxylic acids is 3. The average Bonchev–Trinajstić information content (AvgIpc) is 3.04. The highest BCUT2D eigenvalue weighted by Crippen LogP contribution is 2.32. The molecule has 1 atom stereocenters. The van der Waals surface area contributed by atoms with E-state index in [1.807, 2.05) is 12.1 Å². The Morgan fingerprint density at radius 2 is 2.03 bits per heavy atom. The second kappa shape index (κ2) is 8.58. The fourth-order valence-corrected chi connectivity index (χ4v) is 3.78. The Labute approximate surface area is 180 Å². The van der Waals surface area contributed by atoms with Crippen LogP contribution in [0.5, 0.6) is 11.5 Å². The van der Waals surface area contributed by atoms with Gasteiger partial charge in [-0.1, -0.05) is 6.07 Å². The highest BCUT2D eigenvalue weighted by Gasteiger charge is 2.35. The van der Waals surface area contributed by atoms with Crippen LogP contribution in [0.4, 0.5) is 0 Å². The van der Waals surface area contributed by atoms with Crippen LogP contribution in [-0.4, -0.2) is 61.2 Å². The minimum absolute atomic E-state index is 0.0164. The zero-order valence-electron chi connectivity index (χ0n) is 17.6. The number of allylic oxidation sites excluding steroid dienone is 1. The van der Waals surface area contributed by atoms with Crippen molar-refractivity contribution in [3.05, 3.63) is 35.6 Å². The van der Waals surface area contributed by atoms with Crippen molar-refractivity contribution >= 4 is 17.6 Å². The Hall–Kier alpha value is -3.07. The molecule has 1 fully saturated rings. The van der Waals surface area contributed by atoms with E-state index < -0.39 is 17.4 Å². The molecule has 0 radical (unpaired) electrons. The van der Waals surface area contributed by atoms with Crippen LogP contribution >= 0.6 is 0 Å². The number of amides is 2. The van der Waals surface area contributed by atoms with Crippen LogP contribution in [0.1, 0.15) is 25.8 Å². The van der Waals surface area contributed by atoms with Crippen molar-refractivity contribution in [3.8, 4) is 11.5 Å². The number of ether oxygens (including phenoxy) is 4. The number of fused-ring (bicyclic) bond motifs is 1. The zero-order valence-corrected chi connectivity index (χ0v) is 17.6. The van der Waals surface area contributed by atoms with Crippen molar-refractivity contribution in [1.29, 1.82) is 0 Å². The minimum Gasteiger partial charge on any atom is -0.481 e. The van der Waals surface area contributed by atoms with Crippen LogP contribution in [0, 0.1) is 5.92 Å². The Morgan fingerprint density at radius 1 is 1.23 bits per heavy atom. The van der Waals surface area contributed by atoms with Gasteiger partial charge in [0.05, 0.1) is 19.1 Å². The average molecular weight is 430 g/mol. The van der Waals surface area contributed by atoms with Gasteiger partial charge in [0.1, 0.15) is 5.60 Å². The van der Waals surface area contributed by atoms with Gasteiger partial charge >= 0.3 is 0 Å². The lowest BCUT2D eigenvalue weighted by molar-refractivity contribution is -0.139. The molecule has 0 bridgehead atoms. The zero-order chi connectivity index (χ0) is 22.0. The second-order valence-electron chi connectivity index (χ2n) is 8.44. The van der Waals surface area contributed by atoms with Gasteiger partial charge in [0, 0.05) is 32.1 Å². The first kappa shape index (κ1) is 21.2. The van der Waals surface area contributed by atoms with E-state index in [1.54, 1.807) is 19.9 Å². The standard InChI is InChI=1S/C22H26N2O7/c1-22(2)9-16(25)8-19(31-22)21(27)24-5-6-28-12-15(11-24)20(26)23-10-14-3-4-17-18(7-14)30-13-29-17/h3-4,7-8,15H,5-6,9-13H2,1-2H3,(H,23,26). The highest BCUT2D eigenvalue weighted by molar-refractivity contribution is 6.02. The van der Waals surface area contributed by atoms with Crippen molar-refractivity contribution in [2.75, 3.05) is 33.1 Å². The number of benzene rings is 1. The topological polar surface area (TPSA) is 103 Å². The molecular weight excluding hydrogens is 404 g/mol. The largest absolute Gasteiger partial charge is 0.481 e. The maximum absolute atomic E-state index is 13.0. The number of nitrogens with zero attached hydrogens (tertiary/aromatic N) is 1. The van der Waals surface area contributed by atoms with Gasteiger partial charge in [-0.05, 0) is 31.5 Å². The summed E-state index contributed by atoms with van der Waals surface area (Å²) in [6.45, 7) is 5.06. The number of hydrogen-bond donors (Lipinski definition) is 1. The summed E-state index contributed by atoms with van der Waals surface area (Å²) in [4.78, 5) is 39.2. The van der Waals surface area contributed by atoms with E-state index in [9.17, 15) is 14.4 Å². The third kappa shape index (κ3) is 4.99. The van der Waals surface area contributed by atoms with Crippen molar-refractivity contribution in [2.24, 2.45) is 5.92 Å². The van der Waals surface area contributed by atoms with E-state index in [4.69, 9.17) is 18.9 Å². The number of hydrogen-bond acceptors (Lipinski definition) is 7. The summed E-state index contributed by atoms with van der Waals surface area (Å²) in [6, 6.07) is 5.49. The lowest BCUT2D eigenvalue weighted by Crippen LogP contribution is -2.44. The Balaban J connectivity index is 1.38. The molecule has 0 aliphatic carbocycles. The molecule has 0 saturated carbocycles. The molecule has 4 rings (SSSR count). The fraction of sp³-hybridized carbons (Fsp3) is 0.500. The van der Waals surface area contributed by atoms with E-state index in [0.29, 0.717) is 31.2 Å². The molecule has 3 heterocycles. The van der Waals surface area contributed by atoms with E-state index >= 15 is 0 Å². The smallest absolute Gasteiger partial charge is 0.289 e. The van der Waals surface area contributed by atoms with Crippen LogP contribution in [0.2, 0.25) is 0 Å². The lowest BCUT2D eigenvalue weighted by Gasteiger charge is -2.32. The Kier molecular flexibility index (Phi) is 5.86. The van der Waals surface area contributed by atoms with E-state index in [2.05, 4.69) is 5.32 Å². The molecule has 3 aliphatic rings. The molecule has 1 aromatic carbocycles. The molecule has 1 aromatic rings. The van der Waals surface area contributed by atoms with Crippen LogP contribution in [0.3, 0.4) is 0 Å². The quantitative estimate of drug-likeness (QED) is 0.765. The van der Waals surface area contributed by atoms with E-state index in [-0.39, 0.29) is 43.8 Å². The number of ketones is 1. The molecule has 3 aliphatic heterocycles. The summed E-state index contributed by atoms with van der Waals surface area (Å²) in [7, 11) is 0. The monoisotopic (exact) mass is 430 g/mol. The molecule has 1 N–H and O–H groups in total. The molecule has 9 heteroatoms. The van der Waals surface area contributed by atoms with E-state index in [1.165, 1.54) is 11.0 Å². The maximum Gasteiger partial charge on any atom is 0.289 e. The van der Waals surface area contributed by atoms with Crippen LogP contribution in [0.25, 0.3) is 0 Å². The number of nitrogens with one attached hydrogen (secondary N) is 1. The summed E-state index contributed by atoms with van der Waals surface area (Å²) in [5.74, 6) is 0.0501. The van der Waals surface area contributed by atoms with Crippen molar-refractivity contribution in [3.63, 3.8) is 0 Å². The first-order valence-electron chi connectivity index (χ1n) is 10.3. The van der Waals surface area contributed by atoms with Crippen molar-refractivity contribution in [2.45, 2.75) is 32.4 Å². The first-order chi connectivity index (χ1) is 14.8. The summed E-state index contributed by atoms with van der Waals surface area (Å²) >= 11 is 0. The highest BCUT2D eigenvalue weighted by atomic mass is 16.7. The van der Waals surface area contributed by atoms with Gasteiger partial charge in [-0.3, -0.25) is 14.4 Å². The van der Waals surface area contributed by atoms with Gasteiger partial charge in [-0.2, -0.15) is 0 Å². The molecule has 1 unspecified atom stereocenters. The fourth-order valence-electron chi connectivity index (χ4n) is 3.78. The molecule has 9 nitrogen and oxygen atoms in total. The molecule has 0 spiro atoms. The predicted molar refractivity (Wildman–Crippen MR) is 108 cm³/mol. The summed E-state index contributed by atoms with van der Waals surface area (Å²) < 4.78 is 21.9. The molecule has 31 heavy (non-hydrogen) atoms. The van der Waals surface area contributed by atoms with Gasteiger partial charge in [0.2, 0.25) is 12.7 Å². The molecular formula is C22H26N2O7. The maximum atomic E-state index is 13.0. The van der Waals surface area contributed by atoms with Gasteiger partial charge in [0.15, 0.2) is 23.0 Å².